The third-order valence-electron chi connectivity index (χ3n) is 3.54. The molecule has 0 saturated carbocycles. The van der Waals surface area contributed by atoms with E-state index in [0.717, 1.165) is 0 Å². The Morgan fingerprint density at radius 3 is 2.59 bits per heavy atom. The Bertz CT molecular complexity index is 677. The van der Waals surface area contributed by atoms with Gasteiger partial charge in [0.1, 0.15) is 18.3 Å². The van der Waals surface area contributed by atoms with Gasteiger partial charge in [0.2, 0.25) is 5.88 Å². The zero-order valence-electron chi connectivity index (χ0n) is 11.9. The number of aliphatic hydroxyl groups is 3. The maximum Gasteiger partial charge on any atom is 0.321 e. The average molecular weight is 312 g/mol. The Morgan fingerprint density at radius 1 is 1.23 bits per heavy atom. The van der Waals surface area contributed by atoms with Gasteiger partial charge in [0.25, 0.3) is 0 Å². The molecule has 0 spiro atoms. The molecule has 0 aromatic carbocycles. The third-order valence-corrected chi connectivity index (χ3v) is 3.54. The van der Waals surface area contributed by atoms with E-state index in [0.29, 0.717) is 11.2 Å². The molecule has 10 nitrogen and oxygen atoms in total. The number of nitrogens with zero attached hydrogens (tertiary/aromatic N) is 4. The lowest BCUT2D eigenvalue weighted by Gasteiger charge is -2.16. The number of hydrogen-bond donors (Lipinski definition) is 3. The maximum absolute atomic E-state index is 10.1. The van der Waals surface area contributed by atoms with E-state index in [1.807, 2.05) is 0 Å². The zero-order chi connectivity index (χ0) is 15.9. The van der Waals surface area contributed by atoms with E-state index in [1.165, 1.54) is 25.1 Å². The van der Waals surface area contributed by atoms with Crippen LogP contribution in [0.3, 0.4) is 0 Å². The van der Waals surface area contributed by atoms with Gasteiger partial charge in [-0.3, -0.25) is 4.57 Å². The summed E-state index contributed by atoms with van der Waals surface area (Å²) in [6, 6.07) is 0.0674. The van der Waals surface area contributed by atoms with Crippen LogP contribution >= 0.6 is 0 Å². The van der Waals surface area contributed by atoms with Gasteiger partial charge in [-0.05, 0) is 0 Å². The van der Waals surface area contributed by atoms with E-state index in [9.17, 15) is 10.2 Å². The number of imidazole rings is 1. The number of methoxy groups -OCH3 is 2. The van der Waals surface area contributed by atoms with Crippen LogP contribution in [0.5, 0.6) is 11.9 Å². The zero-order valence-corrected chi connectivity index (χ0v) is 11.9. The van der Waals surface area contributed by atoms with Crippen molar-refractivity contribution in [2.75, 3.05) is 20.8 Å². The molecule has 1 fully saturated rings. The first kappa shape index (κ1) is 14.9. The molecule has 22 heavy (non-hydrogen) atoms. The molecule has 0 bridgehead atoms. The number of rotatable bonds is 4. The van der Waals surface area contributed by atoms with E-state index in [1.54, 1.807) is 0 Å². The smallest absolute Gasteiger partial charge is 0.321 e. The average Bonchev–Trinajstić information content (AvgIpc) is 3.08. The van der Waals surface area contributed by atoms with Crippen molar-refractivity contribution in [3.63, 3.8) is 0 Å². The summed E-state index contributed by atoms with van der Waals surface area (Å²) in [6.07, 6.45) is -2.88. The highest BCUT2D eigenvalue weighted by molar-refractivity contribution is 5.76. The molecule has 4 atom stereocenters. The summed E-state index contributed by atoms with van der Waals surface area (Å²) in [6.45, 7) is -0.414. The Kier molecular flexibility index (Phi) is 3.83. The predicted molar refractivity (Wildman–Crippen MR) is 71.4 cm³/mol. The summed E-state index contributed by atoms with van der Waals surface area (Å²) >= 11 is 0. The standard InChI is InChI=1S/C12H16N4O6/c1-20-10-6-9(14-12(15-10)21-2)16(4-13-6)11-8(19)7(18)5(3-17)22-11/h4-5,7-8,11,17-19H,3H2,1-2H3/t5-,7-,8-,11-/m1/s1. The molecule has 120 valence electrons. The van der Waals surface area contributed by atoms with Crippen LogP contribution < -0.4 is 9.47 Å². The molecule has 0 amide bonds. The molecule has 10 heteroatoms. The van der Waals surface area contributed by atoms with Crippen LogP contribution in [0, 0.1) is 0 Å². The lowest BCUT2D eigenvalue weighted by atomic mass is 10.1. The molecule has 3 rings (SSSR count). The van der Waals surface area contributed by atoms with E-state index >= 15 is 0 Å². The van der Waals surface area contributed by atoms with Crippen LogP contribution in [0.1, 0.15) is 6.23 Å². The van der Waals surface area contributed by atoms with Gasteiger partial charge in [-0.1, -0.05) is 0 Å². The van der Waals surface area contributed by atoms with Gasteiger partial charge in [-0.25, -0.2) is 4.98 Å². The molecular formula is C12H16N4O6. The van der Waals surface area contributed by atoms with Crippen LogP contribution in [0.15, 0.2) is 6.33 Å². The quantitative estimate of drug-likeness (QED) is 0.614. The van der Waals surface area contributed by atoms with E-state index in [-0.39, 0.29) is 11.9 Å². The summed E-state index contributed by atoms with van der Waals surface area (Å²) in [5.41, 5.74) is 0.680. The fraction of sp³-hybridized carbons (Fsp3) is 0.583. The first-order valence-electron chi connectivity index (χ1n) is 6.55. The summed E-state index contributed by atoms with van der Waals surface area (Å²) in [5.74, 6) is 0.215. The minimum Gasteiger partial charge on any atom is -0.479 e. The van der Waals surface area contributed by atoms with Crippen molar-refractivity contribution >= 4 is 11.2 Å². The van der Waals surface area contributed by atoms with Gasteiger partial charge in [0, 0.05) is 0 Å². The molecule has 3 N–H and O–H groups in total. The second-order valence-corrected chi connectivity index (χ2v) is 4.77. The number of aliphatic hydroxyl groups excluding tert-OH is 3. The van der Waals surface area contributed by atoms with Crippen molar-refractivity contribution < 1.29 is 29.5 Å². The molecule has 0 radical (unpaired) electrons. The van der Waals surface area contributed by atoms with Crippen molar-refractivity contribution in [1.82, 2.24) is 19.5 Å². The number of fused-ring (bicyclic) bond motifs is 1. The number of ether oxygens (including phenoxy) is 3. The van der Waals surface area contributed by atoms with Crippen molar-refractivity contribution in [1.29, 1.82) is 0 Å². The Hall–Kier alpha value is -2.01. The minimum atomic E-state index is -1.23. The highest BCUT2D eigenvalue weighted by atomic mass is 16.6. The van der Waals surface area contributed by atoms with Gasteiger partial charge in [0.05, 0.1) is 27.2 Å². The summed E-state index contributed by atoms with van der Waals surface area (Å²) < 4.78 is 17.0. The lowest BCUT2D eigenvalue weighted by Crippen LogP contribution is -2.33. The van der Waals surface area contributed by atoms with Crippen molar-refractivity contribution in [2.24, 2.45) is 0 Å². The highest BCUT2D eigenvalue weighted by Gasteiger charge is 2.44. The molecular weight excluding hydrogens is 296 g/mol. The van der Waals surface area contributed by atoms with E-state index in [4.69, 9.17) is 19.3 Å². The van der Waals surface area contributed by atoms with E-state index < -0.39 is 31.1 Å². The monoisotopic (exact) mass is 312 g/mol. The lowest BCUT2D eigenvalue weighted by molar-refractivity contribution is -0.0511. The van der Waals surface area contributed by atoms with Crippen LogP contribution in [-0.4, -0.2) is 74.0 Å². The van der Waals surface area contributed by atoms with Gasteiger partial charge >= 0.3 is 6.01 Å². The summed E-state index contributed by atoms with van der Waals surface area (Å²) in [7, 11) is 2.85. The second kappa shape index (κ2) is 5.65. The fourth-order valence-corrected chi connectivity index (χ4v) is 2.40. The summed E-state index contributed by atoms with van der Waals surface area (Å²) in [5, 5.41) is 29.1. The van der Waals surface area contributed by atoms with Gasteiger partial charge < -0.3 is 29.5 Å². The second-order valence-electron chi connectivity index (χ2n) is 4.77. The highest BCUT2D eigenvalue weighted by Crippen LogP contribution is 2.33. The third kappa shape index (κ3) is 2.16. The van der Waals surface area contributed by atoms with Gasteiger partial charge in [0.15, 0.2) is 17.4 Å². The van der Waals surface area contributed by atoms with Crippen LogP contribution in [0.4, 0.5) is 0 Å². The minimum absolute atomic E-state index is 0.0674. The molecule has 3 heterocycles. The van der Waals surface area contributed by atoms with Gasteiger partial charge in [-0.15, -0.1) is 0 Å². The normalized spacial score (nSPS) is 28.2. The fourth-order valence-electron chi connectivity index (χ4n) is 2.40. The first-order valence-corrected chi connectivity index (χ1v) is 6.55. The molecule has 1 aliphatic heterocycles. The first-order chi connectivity index (χ1) is 10.6. The Balaban J connectivity index is 2.08. The molecule has 2 aromatic heterocycles. The predicted octanol–water partition coefficient (Wildman–Crippen LogP) is -1.55. The molecule has 0 unspecified atom stereocenters. The molecule has 0 aliphatic carbocycles. The van der Waals surface area contributed by atoms with Crippen LogP contribution in [0.2, 0.25) is 0 Å². The molecule has 1 aliphatic rings. The van der Waals surface area contributed by atoms with Gasteiger partial charge in [-0.2, -0.15) is 9.97 Å². The number of aromatic nitrogens is 4. The summed E-state index contributed by atoms with van der Waals surface area (Å²) in [4.78, 5) is 12.3. The SMILES string of the molecule is COc1nc(OC)c2ncn([C@@H]3O[C@H](CO)[C@@H](O)[C@H]3O)c2n1. The number of hydrogen-bond acceptors (Lipinski definition) is 9. The Labute approximate surface area is 124 Å². The van der Waals surface area contributed by atoms with Crippen molar-refractivity contribution in [2.45, 2.75) is 24.5 Å². The molecule has 1 saturated heterocycles. The van der Waals surface area contributed by atoms with Crippen LogP contribution in [0.25, 0.3) is 11.2 Å². The maximum atomic E-state index is 10.1. The van der Waals surface area contributed by atoms with Crippen molar-refractivity contribution in [3.05, 3.63) is 6.33 Å². The van der Waals surface area contributed by atoms with Crippen molar-refractivity contribution in [3.8, 4) is 11.9 Å². The molecule has 2 aromatic rings. The topological polar surface area (TPSA) is 132 Å². The largest absolute Gasteiger partial charge is 0.479 e. The Morgan fingerprint density at radius 2 is 2.00 bits per heavy atom. The van der Waals surface area contributed by atoms with Crippen LogP contribution in [-0.2, 0) is 4.74 Å². The van der Waals surface area contributed by atoms with E-state index in [2.05, 4.69) is 15.0 Å².